The van der Waals surface area contributed by atoms with Crippen molar-refractivity contribution in [2.75, 3.05) is 13.2 Å². The van der Waals surface area contributed by atoms with E-state index in [-0.39, 0.29) is 0 Å². The zero-order chi connectivity index (χ0) is 18.4. The van der Waals surface area contributed by atoms with Crippen LogP contribution in [0.25, 0.3) is 10.6 Å². The molecule has 2 atom stereocenters. The first kappa shape index (κ1) is 18.9. The number of benzene rings is 1. The zero-order valence-corrected chi connectivity index (χ0v) is 15.6. The van der Waals surface area contributed by atoms with Gasteiger partial charge < -0.3 is 19.4 Å². The van der Waals surface area contributed by atoms with Crippen LogP contribution >= 0.6 is 11.3 Å². The van der Waals surface area contributed by atoms with Gasteiger partial charge in [-0.3, -0.25) is 0 Å². The molecule has 0 saturated carbocycles. The Labute approximate surface area is 157 Å². The number of hydrogen-bond acceptors (Lipinski definition) is 5. The van der Waals surface area contributed by atoms with E-state index >= 15 is 0 Å². The van der Waals surface area contributed by atoms with Gasteiger partial charge in [-0.25, -0.2) is 0 Å². The van der Waals surface area contributed by atoms with Gasteiger partial charge in [0.25, 0.3) is 0 Å². The summed E-state index contributed by atoms with van der Waals surface area (Å²) < 4.78 is 10.2. The van der Waals surface area contributed by atoms with Gasteiger partial charge in [-0.2, -0.15) is 0 Å². The first-order valence-corrected chi connectivity index (χ1v) is 9.54. The number of rotatable bonds is 3. The Morgan fingerprint density at radius 3 is 2.38 bits per heavy atom. The van der Waals surface area contributed by atoms with Gasteiger partial charge in [0.15, 0.2) is 0 Å². The summed E-state index contributed by atoms with van der Waals surface area (Å²) in [6.45, 7) is 2.91. The zero-order valence-electron chi connectivity index (χ0n) is 14.8. The lowest BCUT2D eigenvalue weighted by molar-refractivity contribution is -0.0714. The summed E-state index contributed by atoms with van der Waals surface area (Å²) in [5.41, 5.74) is 2.75. The van der Waals surface area contributed by atoms with Crippen molar-refractivity contribution in [1.29, 1.82) is 0 Å². The van der Waals surface area contributed by atoms with Gasteiger partial charge in [-0.15, -0.1) is 11.3 Å². The van der Waals surface area contributed by atoms with E-state index in [2.05, 4.69) is 43.3 Å². The highest BCUT2D eigenvalue weighted by Gasteiger charge is 2.17. The van der Waals surface area contributed by atoms with E-state index in [1.165, 1.54) is 20.9 Å². The lowest BCUT2D eigenvalue weighted by Crippen LogP contribution is -2.32. The molecule has 0 amide bonds. The fraction of sp³-hybridized carbons (Fsp3) is 0.333. The second-order valence-electron chi connectivity index (χ2n) is 6.43. The number of furan rings is 1. The second-order valence-corrected chi connectivity index (χ2v) is 7.60. The average molecular weight is 372 g/mol. The summed E-state index contributed by atoms with van der Waals surface area (Å²) in [5, 5.41) is 17.6. The van der Waals surface area contributed by atoms with Gasteiger partial charge in [-0.05, 0) is 42.3 Å². The van der Waals surface area contributed by atoms with Crippen LogP contribution in [0.15, 0.2) is 59.2 Å². The van der Waals surface area contributed by atoms with Crippen molar-refractivity contribution in [2.24, 2.45) is 0 Å². The number of aliphatic hydroxyl groups is 2. The monoisotopic (exact) mass is 372 g/mol. The van der Waals surface area contributed by atoms with Crippen LogP contribution in [0.5, 0.6) is 0 Å². The van der Waals surface area contributed by atoms with Crippen LogP contribution in [0.4, 0.5) is 0 Å². The van der Waals surface area contributed by atoms with Crippen LogP contribution in [0.2, 0.25) is 0 Å². The number of thiophene rings is 1. The minimum absolute atomic E-state index is 0.372. The quantitative estimate of drug-likeness (QED) is 0.728. The molecule has 0 aliphatic carbocycles. The summed E-state index contributed by atoms with van der Waals surface area (Å²) in [6, 6.07) is 16.8. The first-order chi connectivity index (χ1) is 12.6. The van der Waals surface area contributed by atoms with Crippen LogP contribution in [0.1, 0.15) is 22.4 Å². The van der Waals surface area contributed by atoms with Crippen LogP contribution in [-0.4, -0.2) is 35.6 Å². The van der Waals surface area contributed by atoms with E-state index in [0.29, 0.717) is 19.6 Å². The highest BCUT2D eigenvalue weighted by atomic mass is 32.1. The second kappa shape index (κ2) is 9.14. The average Bonchev–Trinajstić information content (AvgIpc) is 3.29. The Kier molecular flexibility index (Phi) is 6.63. The molecule has 3 aromatic rings. The van der Waals surface area contributed by atoms with Crippen LogP contribution < -0.4 is 0 Å². The standard InChI is InChI=1S/C16H14OS.C5H10O3/c1-12-5-2-3-6-13(12)11-14-8-9-16(18-14)15-7-4-10-17-15;6-4-1-5(7)3-8-2-4/h2-10H,11H2,1H3;4-7H,1-3H2. The largest absolute Gasteiger partial charge is 0.464 e. The van der Waals surface area contributed by atoms with Crippen LogP contribution in [0, 0.1) is 6.92 Å². The van der Waals surface area contributed by atoms with Gasteiger partial charge >= 0.3 is 0 Å². The molecule has 0 bridgehead atoms. The molecule has 1 aliphatic rings. The molecule has 2 aromatic heterocycles. The van der Waals surface area contributed by atoms with Gasteiger partial charge in [0.1, 0.15) is 5.76 Å². The van der Waals surface area contributed by atoms with Gasteiger partial charge in [0, 0.05) is 17.7 Å². The molecule has 4 nitrogen and oxygen atoms in total. The van der Waals surface area contributed by atoms with E-state index < -0.39 is 12.2 Å². The van der Waals surface area contributed by atoms with Crippen LogP contribution in [0.3, 0.4) is 0 Å². The molecule has 0 radical (unpaired) electrons. The third kappa shape index (κ3) is 5.29. The van der Waals surface area contributed by atoms with Gasteiger partial charge in [0.2, 0.25) is 0 Å². The summed E-state index contributed by atoms with van der Waals surface area (Å²) in [6.07, 6.45) is 2.26. The molecule has 1 aliphatic heterocycles. The highest BCUT2D eigenvalue weighted by Crippen LogP contribution is 2.30. The predicted octanol–water partition coefficient (Wildman–Crippen LogP) is 4.04. The van der Waals surface area contributed by atoms with E-state index in [1.54, 1.807) is 17.6 Å². The van der Waals surface area contributed by atoms with Crippen molar-refractivity contribution in [3.63, 3.8) is 0 Å². The van der Waals surface area contributed by atoms with Crippen molar-refractivity contribution in [3.8, 4) is 10.6 Å². The molecule has 1 saturated heterocycles. The SMILES string of the molecule is Cc1ccccc1Cc1ccc(-c2ccco2)s1.OC1COCC(O)C1. The van der Waals surface area contributed by atoms with Crippen molar-refractivity contribution in [3.05, 3.63) is 70.8 Å². The highest BCUT2D eigenvalue weighted by molar-refractivity contribution is 7.15. The lowest BCUT2D eigenvalue weighted by atomic mass is 10.1. The Balaban J connectivity index is 0.000000206. The molecule has 0 spiro atoms. The Morgan fingerprint density at radius 1 is 1.00 bits per heavy atom. The molecule has 2 N–H and O–H groups in total. The molecule has 1 aromatic carbocycles. The maximum Gasteiger partial charge on any atom is 0.143 e. The fourth-order valence-electron chi connectivity index (χ4n) is 2.81. The summed E-state index contributed by atoms with van der Waals surface area (Å²) in [5.74, 6) is 0.955. The van der Waals surface area contributed by atoms with Gasteiger partial charge in [0.05, 0.1) is 36.6 Å². The number of hydrogen-bond donors (Lipinski definition) is 2. The van der Waals surface area contributed by atoms with Crippen molar-refractivity contribution >= 4 is 11.3 Å². The van der Waals surface area contributed by atoms with E-state index in [1.807, 2.05) is 12.1 Å². The fourth-order valence-corrected chi connectivity index (χ4v) is 3.81. The van der Waals surface area contributed by atoms with E-state index in [9.17, 15) is 0 Å². The Bertz CT molecular complexity index is 786. The number of aliphatic hydroxyl groups excluding tert-OH is 2. The normalized spacial score (nSPS) is 19.7. The maximum atomic E-state index is 8.79. The number of aryl methyl sites for hydroxylation is 1. The summed E-state index contributed by atoms with van der Waals surface area (Å²) in [7, 11) is 0. The van der Waals surface area contributed by atoms with Crippen molar-refractivity contribution < 1.29 is 19.4 Å². The Hall–Kier alpha value is -1.92. The molecular formula is C21H24O4S. The topological polar surface area (TPSA) is 62.8 Å². The molecule has 138 valence electrons. The maximum absolute atomic E-state index is 8.79. The lowest BCUT2D eigenvalue weighted by Gasteiger charge is -2.21. The van der Waals surface area contributed by atoms with Gasteiger partial charge in [-0.1, -0.05) is 24.3 Å². The molecule has 26 heavy (non-hydrogen) atoms. The minimum atomic E-state index is -0.459. The first-order valence-electron chi connectivity index (χ1n) is 8.73. The van der Waals surface area contributed by atoms with E-state index in [0.717, 1.165) is 12.2 Å². The molecule has 2 unspecified atom stereocenters. The third-order valence-corrected chi connectivity index (χ3v) is 5.32. The molecule has 1 fully saturated rings. The predicted molar refractivity (Wildman–Crippen MR) is 103 cm³/mol. The van der Waals surface area contributed by atoms with Crippen LogP contribution in [-0.2, 0) is 11.2 Å². The minimum Gasteiger partial charge on any atom is -0.464 e. The van der Waals surface area contributed by atoms with Crippen molar-refractivity contribution in [2.45, 2.75) is 32.0 Å². The van der Waals surface area contributed by atoms with Crippen molar-refractivity contribution in [1.82, 2.24) is 0 Å². The molecule has 4 rings (SSSR count). The molecule has 5 heteroatoms. The smallest absolute Gasteiger partial charge is 0.143 e. The third-order valence-electron chi connectivity index (χ3n) is 4.22. The Morgan fingerprint density at radius 2 is 1.77 bits per heavy atom. The molecule has 3 heterocycles. The molecular weight excluding hydrogens is 348 g/mol. The summed E-state index contributed by atoms with van der Waals surface area (Å²) >= 11 is 1.80. The summed E-state index contributed by atoms with van der Waals surface area (Å²) in [4.78, 5) is 2.57. The van der Waals surface area contributed by atoms with E-state index in [4.69, 9.17) is 19.4 Å². The number of ether oxygens (including phenoxy) is 1.